The minimum Gasteiger partial charge on any atom is -0.361 e. The lowest BCUT2D eigenvalue weighted by molar-refractivity contribution is 0.515. The highest BCUT2D eigenvalue weighted by molar-refractivity contribution is 7.99. The molecule has 1 aromatic carbocycles. The Hall–Kier alpha value is -0.630. The van der Waals surface area contributed by atoms with Crippen molar-refractivity contribution in [2.24, 2.45) is 5.92 Å². The van der Waals surface area contributed by atoms with Crippen LogP contribution in [0, 0.1) is 5.92 Å². The average Bonchev–Trinajstić information content (AvgIpc) is 2.81. The molecule has 0 aliphatic carbocycles. The average molecular weight is 277 g/mol. The van der Waals surface area contributed by atoms with Gasteiger partial charge in [0.1, 0.15) is 0 Å². The molecule has 1 aliphatic heterocycles. The second kappa shape index (κ2) is 7.84. The Morgan fingerprint density at radius 3 is 2.63 bits per heavy atom. The van der Waals surface area contributed by atoms with Gasteiger partial charge in [-0.15, -0.1) is 11.8 Å². The number of hydrogen-bond acceptors (Lipinski definition) is 2. The molecular formula is C17H27NS. The number of thioether (sulfide) groups is 1. The minimum absolute atomic E-state index is 0.873. The first kappa shape index (κ1) is 14.8. The van der Waals surface area contributed by atoms with Crippen molar-refractivity contribution < 1.29 is 0 Å². The van der Waals surface area contributed by atoms with Crippen LogP contribution in [0.3, 0.4) is 0 Å². The molecule has 0 amide bonds. The Kier molecular flexibility index (Phi) is 6.09. The molecule has 0 unspecified atom stereocenters. The summed E-state index contributed by atoms with van der Waals surface area (Å²) in [7, 11) is 0. The van der Waals surface area contributed by atoms with E-state index >= 15 is 0 Å². The Balaban J connectivity index is 1.57. The monoisotopic (exact) mass is 277 g/mol. The van der Waals surface area contributed by atoms with Gasteiger partial charge in [-0.2, -0.15) is 0 Å². The highest BCUT2D eigenvalue weighted by Gasteiger charge is 2.17. The molecule has 0 atom stereocenters. The van der Waals surface area contributed by atoms with Crippen LogP contribution in [0.15, 0.2) is 29.2 Å². The van der Waals surface area contributed by atoms with Gasteiger partial charge in [-0.3, -0.25) is 0 Å². The molecule has 2 rings (SSSR count). The minimum atomic E-state index is 0.873. The number of unbranched alkanes of at least 4 members (excludes halogenated alkanes) is 4. The van der Waals surface area contributed by atoms with Gasteiger partial charge in [-0.1, -0.05) is 58.1 Å². The van der Waals surface area contributed by atoms with Crippen molar-refractivity contribution in [2.45, 2.75) is 57.3 Å². The number of fused-ring (bicyclic) bond motifs is 1. The largest absolute Gasteiger partial charge is 0.361 e. The van der Waals surface area contributed by atoms with Crippen molar-refractivity contribution in [1.29, 1.82) is 0 Å². The Bertz CT molecular complexity index is 375. The zero-order valence-electron chi connectivity index (χ0n) is 12.4. The molecule has 1 heterocycles. The van der Waals surface area contributed by atoms with Gasteiger partial charge >= 0.3 is 0 Å². The molecule has 0 spiro atoms. The number of nitrogens with zero attached hydrogens (tertiary/aromatic N) is 1. The standard InChI is InChI=1S/C17H27NS/c1-15(2)10-6-4-3-5-9-13-18-14-19-17-12-8-7-11-16(17)18/h7-8,11-12,15H,3-6,9-10,13-14H2,1-2H3. The van der Waals surface area contributed by atoms with E-state index in [9.17, 15) is 0 Å². The van der Waals surface area contributed by atoms with Crippen LogP contribution < -0.4 is 4.90 Å². The normalized spacial score (nSPS) is 14.2. The number of benzene rings is 1. The molecule has 1 nitrogen and oxygen atoms in total. The van der Waals surface area contributed by atoms with Crippen LogP contribution in [0.1, 0.15) is 52.4 Å². The quantitative estimate of drug-likeness (QED) is 0.573. The summed E-state index contributed by atoms with van der Waals surface area (Å²) < 4.78 is 0. The van der Waals surface area contributed by atoms with E-state index in [2.05, 4.69) is 43.0 Å². The van der Waals surface area contributed by atoms with Crippen LogP contribution >= 0.6 is 11.8 Å². The molecule has 0 N–H and O–H groups in total. The third-order valence-electron chi connectivity index (χ3n) is 3.79. The molecule has 0 fully saturated rings. The summed E-state index contributed by atoms with van der Waals surface area (Å²) in [6.45, 7) is 5.87. The fourth-order valence-electron chi connectivity index (χ4n) is 2.63. The first-order valence-electron chi connectivity index (χ1n) is 7.74. The van der Waals surface area contributed by atoms with Crippen molar-refractivity contribution in [3.63, 3.8) is 0 Å². The molecule has 1 aliphatic rings. The van der Waals surface area contributed by atoms with Crippen LogP contribution in [-0.4, -0.2) is 12.4 Å². The van der Waals surface area contributed by atoms with Gasteiger partial charge in [-0.25, -0.2) is 0 Å². The van der Waals surface area contributed by atoms with Gasteiger partial charge in [0.05, 0.1) is 11.6 Å². The van der Waals surface area contributed by atoms with Gasteiger partial charge in [0.15, 0.2) is 0 Å². The Morgan fingerprint density at radius 1 is 1.05 bits per heavy atom. The molecule has 1 aromatic rings. The first-order chi connectivity index (χ1) is 9.27. The molecule has 19 heavy (non-hydrogen) atoms. The molecular weight excluding hydrogens is 250 g/mol. The third kappa shape index (κ3) is 4.76. The smallest absolute Gasteiger partial charge is 0.0686 e. The fraction of sp³-hybridized carbons (Fsp3) is 0.647. The maximum Gasteiger partial charge on any atom is 0.0686 e. The van der Waals surface area contributed by atoms with Crippen molar-refractivity contribution in [1.82, 2.24) is 0 Å². The lowest BCUT2D eigenvalue weighted by atomic mass is 10.0. The van der Waals surface area contributed by atoms with Crippen molar-refractivity contribution >= 4 is 17.4 Å². The summed E-state index contributed by atoms with van der Waals surface area (Å²) in [5.41, 5.74) is 1.45. The highest BCUT2D eigenvalue weighted by atomic mass is 32.2. The number of anilines is 1. The van der Waals surface area contributed by atoms with Crippen LogP contribution in [0.25, 0.3) is 0 Å². The summed E-state index contributed by atoms with van der Waals surface area (Å²) >= 11 is 1.98. The summed E-state index contributed by atoms with van der Waals surface area (Å²) in [5, 5.41) is 0. The lowest BCUT2D eigenvalue weighted by Gasteiger charge is -2.18. The van der Waals surface area contributed by atoms with Crippen LogP contribution in [0.5, 0.6) is 0 Å². The SMILES string of the molecule is CC(C)CCCCCCCN1CSc2ccccc21. The lowest BCUT2D eigenvalue weighted by Crippen LogP contribution is -2.20. The van der Waals surface area contributed by atoms with E-state index in [0.29, 0.717) is 0 Å². The maximum absolute atomic E-state index is 2.54. The summed E-state index contributed by atoms with van der Waals surface area (Å²) in [5.74, 6) is 2.02. The van der Waals surface area contributed by atoms with Crippen LogP contribution in [-0.2, 0) is 0 Å². The zero-order chi connectivity index (χ0) is 13.5. The van der Waals surface area contributed by atoms with Crippen molar-refractivity contribution in [3.8, 4) is 0 Å². The fourth-order valence-corrected chi connectivity index (χ4v) is 3.71. The van der Waals surface area contributed by atoms with E-state index in [0.717, 1.165) is 11.8 Å². The zero-order valence-corrected chi connectivity index (χ0v) is 13.2. The molecule has 0 saturated carbocycles. The van der Waals surface area contributed by atoms with Crippen molar-refractivity contribution in [2.75, 3.05) is 17.3 Å². The number of para-hydroxylation sites is 1. The second-order valence-corrected chi connectivity index (χ2v) is 6.94. The molecule has 0 radical (unpaired) electrons. The summed E-state index contributed by atoms with van der Waals surface area (Å²) in [6.07, 6.45) is 8.38. The molecule has 0 aromatic heterocycles. The van der Waals surface area contributed by atoms with Gasteiger partial charge in [0.25, 0.3) is 0 Å². The third-order valence-corrected chi connectivity index (χ3v) is 4.89. The van der Waals surface area contributed by atoms with Gasteiger partial charge in [0.2, 0.25) is 0 Å². The van der Waals surface area contributed by atoms with E-state index in [-0.39, 0.29) is 0 Å². The van der Waals surface area contributed by atoms with Crippen LogP contribution in [0.4, 0.5) is 5.69 Å². The number of hydrogen-bond donors (Lipinski definition) is 0. The molecule has 0 saturated heterocycles. The first-order valence-corrected chi connectivity index (χ1v) is 8.72. The van der Waals surface area contributed by atoms with E-state index in [1.807, 2.05) is 11.8 Å². The van der Waals surface area contributed by atoms with Crippen molar-refractivity contribution in [3.05, 3.63) is 24.3 Å². The second-order valence-electron chi connectivity index (χ2n) is 5.95. The van der Waals surface area contributed by atoms with E-state index in [1.54, 1.807) is 0 Å². The van der Waals surface area contributed by atoms with Gasteiger partial charge in [-0.05, 0) is 24.5 Å². The summed E-state index contributed by atoms with van der Waals surface area (Å²) in [4.78, 5) is 3.99. The van der Waals surface area contributed by atoms with E-state index < -0.39 is 0 Å². The highest BCUT2D eigenvalue weighted by Crippen LogP contribution is 2.37. The number of rotatable bonds is 8. The van der Waals surface area contributed by atoms with E-state index in [4.69, 9.17) is 0 Å². The summed E-state index contributed by atoms with van der Waals surface area (Å²) in [6, 6.07) is 8.80. The maximum atomic E-state index is 2.54. The Labute approximate surface area is 122 Å². The van der Waals surface area contributed by atoms with Gasteiger partial charge < -0.3 is 4.90 Å². The predicted octanol–water partition coefficient (Wildman–Crippen LogP) is 5.55. The van der Waals surface area contributed by atoms with E-state index in [1.165, 1.54) is 55.7 Å². The Morgan fingerprint density at radius 2 is 1.79 bits per heavy atom. The molecule has 0 bridgehead atoms. The molecule has 2 heteroatoms. The van der Waals surface area contributed by atoms with Gasteiger partial charge in [0, 0.05) is 11.4 Å². The molecule has 106 valence electrons. The topological polar surface area (TPSA) is 3.24 Å². The van der Waals surface area contributed by atoms with Crippen LogP contribution in [0.2, 0.25) is 0 Å². The predicted molar refractivity (Wildman–Crippen MR) is 87.1 cm³/mol.